The van der Waals surface area contributed by atoms with E-state index in [2.05, 4.69) is 5.32 Å². The van der Waals surface area contributed by atoms with Crippen molar-refractivity contribution in [2.45, 2.75) is 38.9 Å². The molecule has 0 saturated carbocycles. The number of halogens is 1. The number of ether oxygens (including phenoxy) is 2. The second kappa shape index (κ2) is 11.2. The Balaban J connectivity index is 1.80. The third-order valence-corrected chi connectivity index (χ3v) is 4.27. The third-order valence-electron chi connectivity index (χ3n) is 4.27. The first-order valence-electron chi connectivity index (χ1n) is 9.51. The fourth-order valence-corrected chi connectivity index (χ4v) is 2.76. The minimum absolute atomic E-state index is 0.250. The van der Waals surface area contributed by atoms with Crippen molar-refractivity contribution in [3.8, 4) is 5.75 Å². The highest BCUT2D eigenvalue weighted by molar-refractivity contribution is 5.80. The molecule has 0 aliphatic heterocycles. The van der Waals surface area contributed by atoms with Crippen LogP contribution in [0.5, 0.6) is 5.75 Å². The van der Waals surface area contributed by atoms with Crippen LogP contribution < -0.4 is 10.1 Å². The third kappa shape index (κ3) is 7.54. The fraction of sp³-hybridized carbons (Fsp3) is 0.364. The van der Waals surface area contributed by atoms with Crippen molar-refractivity contribution in [1.29, 1.82) is 0 Å². The molecule has 0 radical (unpaired) electrons. The second-order valence-corrected chi connectivity index (χ2v) is 6.56. The van der Waals surface area contributed by atoms with Gasteiger partial charge in [0.25, 0.3) is 5.91 Å². The average Bonchev–Trinajstić information content (AvgIpc) is 2.69. The molecule has 7 heteroatoms. The van der Waals surface area contributed by atoms with Crippen LogP contribution in [0.15, 0.2) is 48.5 Å². The van der Waals surface area contributed by atoms with Gasteiger partial charge in [-0.05, 0) is 55.7 Å². The lowest BCUT2D eigenvalue weighted by Crippen LogP contribution is -2.37. The Morgan fingerprint density at radius 2 is 1.86 bits per heavy atom. The topological polar surface area (TPSA) is 84.9 Å². The summed E-state index contributed by atoms with van der Waals surface area (Å²) in [4.78, 5) is 23.3. The van der Waals surface area contributed by atoms with Crippen molar-refractivity contribution in [2.24, 2.45) is 0 Å². The normalized spacial score (nSPS) is 12.8. The maximum atomic E-state index is 13.2. The molecule has 0 aliphatic carbocycles. The highest BCUT2D eigenvalue weighted by Crippen LogP contribution is 2.16. The van der Waals surface area contributed by atoms with E-state index in [-0.39, 0.29) is 18.1 Å². The summed E-state index contributed by atoms with van der Waals surface area (Å²) in [5.74, 6) is -1.07. The van der Waals surface area contributed by atoms with E-state index in [0.29, 0.717) is 25.3 Å². The molecule has 0 spiro atoms. The Bertz CT molecular complexity index is 809. The van der Waals surface area contributed by atoms with E-state index in [1.807, 2.05) is 0 Å². The van der Waals surface area contributed by atoms with Crippen LogP contribution in [0, 0.1) is 5.82 Å². The summed E-state index contributed by atoms with van der Waals surface area (Å²) >= 11 is 0. The molecule has 2 aromatic carbocycles. The minimum atomic E-state index is -1.00. The SMILES string of the molecule is CCO[C@@H](Cc1ccc(O[C@H](C)C(=O)NCCc2cccc(F)c2)cc1)C(=O)O. The zero-order valence-electron chi connectivity index (χ0n) is 16.6. The quantitative estimate of drug-likeness (QED) is 0.603. The van der Waals surface area contributed by atoms with Crippen LogP contribution >= 0.6 is 0 Å². The summed E-state index contributed by atoms with van der Waals surface area (Å²) in [6.07, 6.45) is -0.826. The molecule has 2 atom stereocenters. The van der Waals surface area contributed by atoms with E-state index in [1.54, 1.807) is 50.2 Å². The zero-order chi connectivity index (χ0) is 21.2. The van der Waals surface area contributed by atoms with Crippen LogP contribution in [0.4, 0.5) is 4.39 Å². The molecule has 0 bridgehead atoms. The summed E-state index contributed by atoms with van der Waals surface area (Å²) in [5, 5.41) is 11.9. The molecule has 2 rings (SSSR count). The first-order chi connectivity index (χ1) is 13.9. The molecular weight excluding hydrogens is 377 g/mol. The van der Waals surface area contributed by atoms with Crippen molar-refractivity contribution in [3.63, 3.8) is 0 Å². The van der Waals surface area contributed by atoms with Gasteiger partial charge in [-0.15, -0.1) is 0 Å². The van der Waals surface area contributed by atoms with E-state index in [0.717, 1.165) is 11.1 Å². The van der Waals surface area contributed by atoms with Gasteiger partial charge in [0, 0.05) is 19.6 Å². The molecule has 0 aliphatic rings. The largest absolute Gasteiger partial charge is 0.481 e. The lowest BCUT2D eigenvalue weighted by atomic mass is 10.1. The molecule has 0 saturated heterocycles. The molecule has 1 amide bonds. The molecule has 0 heterocycles. The highest BCUT2D eigenvalue weighted by atomic mass is 19.1. The predicted molar refractivity (Wildman–Crippen MR) is 106 cm³/mol. The number of rotatable bonds is 11. The highest BCUT2D eigenvalue weighted by Gasteiger charge is 2.18. The van der Waals surface area contributed by atoms with Gasteiger partial charge in [0.2, 0.25) is 0 Å². The van der Waals surface area contributed by atoms with Crippen molar-refractivity contribution in [1.82, 2.24) is 5.32 Å². The van der Waals surface area contributed by atoms with E-state index in [9.17, 15) is 14.0 Å². The van der Waals surface area contributed by atoms with Crippen molar-refractivity contribution in [3.05, 3.63) is 65.5 Å². The summed E-state index contributed by atoms with van der Waals surface area (Å²) in [6.45, 7) is 4.09. The zero-order valence-corrected chi connectivity index (χ0v) is 16.6. The molecular formula is C22H26FNO5. The summed E-state index contributed by atoms with van der Waals surface area (Å²) in [6, 6.07) is 13.1. The molecule has 6 nitrogen and oxygen atoms in total. The number of aliphatic carboxylic acids is 1. The van der Waals surface area contributed by atoms with Gasteiger partial charge in [0.05, 0.1) is 0 Å². The molecule has 29 heavy (non-hydrogen) atoms. The van der Waals surface area contributed by atoms with Gasteiger partial charge >= 0.3 is 5.97 Å². The molecule has 0 unspecified atom stereocenters. The van der Waals surface area contributed by atoms with Crippen LogP contribution in [0.1, 0.15) is 25.0 Å². The van der Waals surface area contributed by atoms with Crippen molar-refractivity contribution in [2.75, 3.05) is 13.2 Å². The van der Waals surface area contributed by atoms with Crippen LogP contribution in [0.25, 0.3) is 0 Å². The summed E-state index contributed by atoms with van der Waals surface area (Å²) in [5.41, 5.74) is 1.60. The predicted octanol–water partition coefficient (Wildman–Crippen LogP) is 2.98. The van der Waals surface area contributed by atoms with Gasteiger partial charge < -0.3 is 19.9 Å². The number of carboxylic acid groups (broad SMARTS) is 1. The van der Waals surface area contributed by atoms with Crippen molar-refractivity contribution < 1.29 is 28.6 Å². The van der Waals surface area contributed by atoms with E-state index in [1.165, 1.54) is 12.1 Å². The van der Waals surface area contributed by atoms with E-state index in [4.69, 9.17) is 14.6 Å². The molecule has 0 aromatic heterocycles. The number of hydrogen-bond donors (Lipinski definition) is 2. The number of carbonyl (C=O) groups is 2. The van der Waals surface area contributed by atoms with Gasteiger partial charge in [-0.1, -0.05) is 24.3 Å². The fourth-order valence-electron chi connectivity index (χ4n) is 2.76. The van der Waals surface area contributed by atoms with E-state index < -0.39 is 18.2 Å². The van der Waals surface area contributed by atoms with Gasteiger partial charge in [0.1, 0.15) is 11.6 Å². The second-order valence-electron chi connectivity index (χ2n) is 6.56. The number of carbonyl (C=O) groups excluding carboxylic acids is 1. The van der Waals surface area contributed by atoms with Gasteiger partial charge in [-0.3, -0.25) is 4.79 Å². The van der Waals surface area contributed by atoms with Gasteiger partial charge in [0.15, 0.2) is 12.2 Å². The standard InChI is InChI=1S/C22H26FNO5/c1-3-28-20(22(26)27)14-17-7-9-19(10-8-17)29-15(2)21(25)24-12-11-16-5-4-6-18(23)13-16/h4-10,13,15,20H,3,11-12,14H2,1-2H3,(H,24,25)(H,26,27)/t15-,20+/m1/s1. The maximum absolute atomic E-state index is 13.2. The molecule has 156 valence electrons. The number of benzene rings is 2. The van der Waals surface area contributed by atoms with Crippen LogP contribution in [0.3, 0.4) is 0 Å². The Kier molecular flexibility index (Phi) is 8.61. The molecule has 2 N–H and O–H groups in total. The van der Waals surface area contributed by atoms with Crippen molar-refractivity contribution >= 4 is 11.9 Å². The number of hydrogen-bond acceptors (Lipinski definition) is 4. The Morgan fingerprint density at radius 1 is 1.14 bits per heavy atom. The van der Waals surface area contributed by atoms with Gasteiger partial charge in [-0.25, -0.2) is 9.18 Å². The lowest BCUT2D eigenvalue weighted by molar-refractivity contribution is -0.150. The van der Waals surface area contributed by atoms with Crippen LogP contribution in [-0.2, 0) is 27.2 Å². The summed E-state index contributed by atoms with van der Waals surface area (Å²) in [7, 11) is 0. The smallest absolute Gasteiger partial charge is 0.333 e. The Hall–Kier alpha value is -2.93. The minimum Gasteiger partial charge on any atom is -0.481 e. The monoisotopic (exact) mass is 403 g/mol. The Morgan fingerprint density at radius 3 is 2.48 bits per heavy atom. The lowest BCUT2D eigenvalue weighted by Gasteiger charge is -2.16. The van der Waals surface area contributed by atoms with Crippen LogP contribution in [-0.4, -0.2) is 42.3 Å². The molecule has 2 aromatic rings. The molecule has 0 fully saturated rings. The summed E-state index contributed by atoms with van der Waals surface area (Å²) < 4.78 is 24.0. The maximum Gasteiger partial charge on any atom is 0.333 e. The number of nitrogens with one attached hydrogen (secondary N) is 1. The first kappa shape index (κ1) is 22.4. The average molecular weight is 403 g/mol. The van der Waals surface area contributed by atoms with Gasteiger partial charge in [-0.2, -0.15) is 0 Å². The first-order valence-corrected chi connectivity index (χ1v) is 9.51. The number of carboxylic acids is 1. The number of amides is 1. The van der Waals surface area contributed by atoms with Crippen LogP contribution in [0.2, 0.25) is 0 Å². The Labute approximate surface area is 169 Å². The van der Waals surface area contributed by atoms with E-state index >= 15 is 0 Å².